The molecule has 0 bridgehead atoms. The lowest BCUT2D eigenvalue weighted by atomic mass is 10.1. The van der Waals surface area contributed by atoms with Crippen LogP contribution in [-0.2, 0) is 0 Å². The zero-order chi connectivity index (χ0) is 8.97. The second kappa shape index (κ2) is 7.44. The van der Waals surface area contributed by atoms with E-state index < -0.39 is 0 Å². The third-order valence-corrected chi connectivity index (χ3v) is 1.57. The Bertz CT molecular complexity index is 294. The van der Waals surface area contributed by atoms with E-state index in [1.807, 2.05) is 12.1 Å². The van der Waals surface area contributed by atoms with Crippen molar-refractivity contribution in [2.75, 3.05) is 12.4 Å². The molecule has 0 aliphatic rings. The monoisotopic (exact) mass is 237 g/mol. The number of hydrogen-bond acceptors (Lipinski definition) is 3. The van der Waals surface area contributed by atoms with E-state index in [2.05, 4.69) is 10.7 Å². The fraction of sp³-hybridized carbons (Fsp3) is 0.125. The van der Waals surface area contributed by atoms with Crippen molar-refractivity contribution in [2.24, 2.45) is 5.84 Å². The van der Waals surface area contributed by atoms with E-state index in [4.69, 9.17) is 5.84 Å². The molecule has 0 aromatic heterocycles. The van der Waals surface area contributed by atoms with Crippen LogP contribution in [0.5, 0.6) is 0 Å². The molecular formula is C8H13Cl2N3O. The molecule has 0 radical (unpaired) electrons. The van der Waals surface area contributed by atoms with Crippen LogP contribution in [0.2, 0.25) is 0 Å². The molecule has 0 aliphatic heterocycles. The maximum atomic E-state index is 11.1. The van der Waals surface area contributed by atoms with Gasteiger partial charge < -0.3 is 5.32 Å². The van der Waals surface area contributed by atoms with Crippen molar-refractivity contribution in [3.8, 4) is 0 Å². The molecule has 1 amide bonds. The van der Waals surface area contributed by atoms with Gasteiger partial charge in [-0.15, -0.1) is 24.8 Å². The molecule has 0 saturated carbocycles. The van der Waals surface area contributed by atoms with Gasteiger partial charge in [0.05, 0.1) is 5.56 Å². The Kier molecular flexibility index (Phi) is 8.23. The average Bonchev–Trinajstić information content (AvgIpc) is 2.16. The molecule has 0 atom stereocenters. The molecule has 6 heteroatoms. The number of nitrogens with two attached hydrogens (primary N) is 1. The molecule has 0 fully saturated rings. The van der Waals surface area contributed by atoms with Crippen LogP contribution in [0.25, 0.3) is 0 Å². The number of nitrogens with one attached hydrogen (secondary N) is 2. The van der Waals surface area contributed by atoms with Crippen molar-refractivity contribution in [3.05, 3.63) is 29.8 Å². The number of halogens is 2. The molecule has 0 heterocycles. The first kappa shape index (κ1) is 15.5. The summed E-state index contributed by atoms with van der Waals surface area (Å²) in [5.74, 6) is 4.71. The quantitative estimate of drug-likeness (QED) is 0.411. The van der Waals surface area contributed by atoms with Gasteiger partial charge in [-0.1, -0.05) is 12.1 Å². The Balaban J connectivity index is 0. The summed E-state index contributed by atoms with van der Waals surface area (Å²) in [6.45, 7) is 0. The second-order valence-electron chi connectivity index (χ2n) is 2.27. The SMILES string of the molecule is CNc1ccccc1C(=O)NN.Cl.Cl. The molecule has 14 heavy (non-hydrogen) atoms. The Morgan fingerprint density at radius 2 is 1.86 bits per heavy atom. The summed E-state index contributed by atoms with van der Waals surface area (Å²) in [5, 5.41) is 2.89. The number of amides is 1. The lowest BCUT2D eigenvalue weighted by molar-refractivity contribution is 0.0954. The van der Waals surface area contributed by atoms with Crippen LogP contribution in [0.15, 0.2) is 24.3 Å². The van der Waals surface area contributed by atoms with Crippen molar-refractivity contribution in [1.82, 2.24) is 5.43 Å². The highest BCUT2D eigenvalue weighted by molar-refractivity contribution is 5.99. The van der Waals surface area contributed by atoms with E-state index in [0.717, 1.165) is 5.69 Å². The maximum Gasteiger partial charge on any atom is 0.267 e. The van der Waals surface area contributed by atoms with Crippen molar-refractivity contribution in [1.29, 1.82) is 0 Å². The van der Waals surface area contributed by atoms with E-state index >= 15 is 0 Å². The summed E-state index contributed by atoms with van der Waals surface area (Å²) in [7, 11) is 1.75. The van der Waals surface area contributed by atoms with Crippen molar-refractivity contribution < 1.29 is 4.79 Å². The Morgan fingerprint density at radius 1 is 1.29 bits per heavy atom. The number of rotatable bonds is 2. The van der Waals surface area contributed by atoms with Gasteiger partial charge in [0.25, 0.3) is 5.91 Å². The van der Waals surface area contributed by atoms with Crippen molar-refractivity contribution >= 4 is 36.4 Å². The van der Waals surface area contributed by atoms with Gasteiger partial charge in [0, 0.05) is 12.7 Å². The van der Waals surface area contributed by atoms with Crippen molar-refractivity contribution in [3.63, 3.8) is 0 Å². The predicted molar refractivity (Wildman–Crippen MR) is 62.1 cm³/mol. The highest BCUT2D eigenvalue weighted by Gasteiger charge is 2.06. The fourth-order valence-corrected chi connectivity index (χ4v) is 0.977. The number of carbonyl (C=O) groups excluding carboxylic acids is 1. The summed E-state index contributed by atoms with van der Waals surface area (Å²) in [6.07, 6.45) is 0. The third-order valence-electron chi connectivity index (χ3n) is 1.57. The van der Waals surface area contributed by atoms with E-state index in [-0.39, 0.29) is 30.7 Å². The number of benzene rings is 1. The summed E-state index contributed by atoms with van der Waals surface area (Å²) >= 11 is 0. The minimum absolute atomic E-state index is 0. The first-order chi connectivity index (χ1) is 5.79. The van der Waals surface area contributed by atoms with Crippen LogP contribution in [0.4, 0.5) is 5.69 Å². The smallest absolute Gasteiger partial charge is 0.267 e. The van der Waals surface area contributed by atoms with Crippen LogP contribution < -0.4 is 16.6 Å². The summed E-state index contributed by atoms with van der Waals surface area (Å²) < 4.78 is 0. The number of nitrogen functional groups attached to an aromatic ring is 1. The molecule has 0 unspecified atom stereocenters. The maximum absolute atomic E-state index is 11.1. The molecule has 80 valence electrons. The number of hydrazine groups is 1. The highest BCUT2D eigenvalue weighted by Crippen LogP contribution is 2.12. The minimum atomic E-state index is -0.292. The highest BCUT2D eigenvalue weighted by atomic mass is 35.5. The third kappa shape index (κ3) is 3.41. The molecule has 1 rings (SSSR count). The summed E-state index contributed by atoms with van der Waals surface area (Å²) in [6, 6.07) is 7.14. The molecule has 0 saturated heterocycles. The molecular weight excluding hydrogens is 225 g/mol. The molecule has 0 aliphatic carbocycles. The van der Waals surface area contributed by atoms with Crippen LogP contribution in [0.1, 0.15) is 10.4 Å². The van der Waals surface area contributed by atoms with E-state index in [1.165, 1.54) is 0 Å². The van der Waals surface area contributed by atoms with Crippen LogP contribution in [0.3, 0.4) is 0 Å². The Hall–Kier alpha value is -0.970. The number of anilines is 1. The van der Waals surface area contributed by atoms with Crippen LogP contribution >= 0.6 is 24.8 Å². The minimum Gasteiger partial charge on any atom is -0.387 e. The summed E-state index contributed by atoms with van der Waals surface area (Å²) in [4.78, 5) is 11.1. The fourth-order valence-electron chi connectivity index (χ4n) is 0.977. The normalized spacial score (nSPS) is 7.86. The molecule has 1 aromatic rings. The first-order valence-electron chi connectivity index (χ1n) is 3.57. The van der Waals surface area contributed by atoms with Crippen molar-refractivity contribution in [2.45, 2.75) is 0 Å². The number of carbonyl (C=O) groups is 1. The second-order valence-corrected chi connectivity index (χ2v) is 2.27. The van der Waals surface area contributed by atoms with E-state index in [9.17, 15) is 4.79 Å². The van der Waals surface area contributed by atoms with Gasteiger partial charge in [0.2, 0.25) is 0 Å². The van der Waals surface area contributed by atoms with Crippen LogP contribution in [-0.4, -0.2) is 13.0 Å². The topological polar surface area (TPSA) is 67.2 Å². The molecule has 4 nitrogen and oxygen atoms in total. The molecule has 1 aromatic carbocycles. The first-order valence-corrected chi connectivity index (χ1v) is 3.57. The zero-order valence-electron chi connectivity index (χ0n) is 7.61. The van der Waals surface area contributed by atoms with Crippen LogP contribution in [0, 0.1) is 0 Å². The largest absolute Gasteiger partial charge is 0.387 e. The van der Waals surface area contributed by atoms with Gasteiger partial charge in [-0.3, -0.25) is 10.2 Å². The van der Waals surface area contributed by atoms with E-state index in [1.54, 1.807) is 19.2 Å². The zero-order valence-corrected chi connectivity index (χ0v) is 9.24. The Labute approximate surface area is 95.0 Å². The van der Waals surface area contributed by atoms with Gasteiger partial charge in [-0.2, -0.15) is 0 Å². The molecule has 0 spiro atoms. The number of hydrogen-bond donors (Lipinski definition) is 3. The van der Waals surface area contributed by atoms with Gasteiger partial charge in [-0.05, 0) is 12.1 Å². The average molecular weight is 238 g/mol. The van der Waals surface area contributed by atoms with Gasteiger partial charge >= 0.3 is 0 Å². The van der Waals surface area contributed by atoms with Gasteiger partial charge in [-0.25, -0.2) is 5.84 Å². The van der Waals surface area contributed by atoms with E-state index in [0.29, 0.717) is 5.56 Å². The lowest BCUT2D eigenvalue weighted by Crippen LogP contribution is -2.30. The Morgan fingerprint density at radius 3 is 2.36 bits per heavy atom. The lowest BCUT2D eigenvalue weighted by Gasteiger charge is -2.05. The number of para-hydroxylation sites is 1. The standard InChI is InChI=1S/C8H11N3O.2ClH/c1-10-7-5-3-2-4-6(7)8(12)11-9;;/h2-5,10H,9H2,1H3,(H,11,12);2*1H. The van der Waals surface area contributed by atoms with Gasteiger partial charge in [0.1, 0.15) is 0 Å². The van der Waals surface area contributed by atoms with Gasteiger partial charge in [0.15, 0.2) is 0 Å². The predicted octanol–water partition coefficient (Wildman–Crippen LogP) is 1.18. The molecule has 4 N–H and O–H groups in total. The summed E-state index contributed by atoms with van der Waals surface area (Å²) in [5.41, 5.74) is 3.39.